The van der Waals surface area contributed by atoms with Gasteiger partial charge in [-0.1, -0.05) is 17.7 Å². The van der Waals surface area contributed by atoms with Crippen molar-refractivity contribution < 1.29 is 0 Å². The quantitative estimate of drug-likeness (QED) is 0.778. The lowest BCUT2D eigenvalue weighted by atomic mass is 9.97. The minimum absolute atomic E-state index is 0.463. The molecular formula is C19H31N3. The number of benzene rings is 1. The summed E-state index contributed by atoms with van der Waals surface area (Å²) in [5.41, 5.74) is 4.00. The van der Waals surface area contributed by atoms with Crippen LogP contribution >= 0.6 is 0 Å². The molecule has 1 saturated heterocycles. The lowest BCUT2D eigenvalue weighted by Crippen LogP contribution is -2.45. The first-order valence-corrected chi connectivity index (χ1v) is 8.59. The molecule has 0 bridgehead atoms. The lowest BCUT2D eigenvalue weighted by molar-refractivity contribution is 0.172. The lowest BCUT2D eigenvalue weighted by Gasteiger charge is -2.35. The van der Waals surface area contributed by atoms with E-state index in [1.807, 2.05) is 0 Å². The van der Waals surface area contributed by atoms with Crippen LogP contribution in [0.15, 0.2) is 36.4 Å². The number of nitrogens with zero attached hydrogens (tertiary/aromatic N) is 2. The number of rotatable bonds is 7. The van der Waals surface area contributed by atoms with Gasteiger partial charge < -0.3 is 10.2 Å². The first-order valence-electron chi connectivity index (χ1n) is 8.59. The highest BCUT2D eigenvalue weighted by molar-refractivity contribution is 5.48. The molecule has 1 aromatic carbocycles. The fraction of sp³-hybridized carbons (Fsp3) is 0.579. The number of nitrogens with one attached hydrogen (secondary N) is 1. The van der Waals surface area contributed by atoms with Crippen LogP contribution in [0, 0.1) is 0 Å². The Hall–Kier alpha value is -1.32. The van der Waals surface area contributed by atoms with Crippen molar-refractivity contribution in [1.82, 2.24) is 10.2 Å². The van der Waals surface area contributed by atoms with E-state index in [-0.39, 0.29) is 0 Å². The molecule has 122 valence electrons. The molecule has 0 amide bonds. The normalized spacial score (nSPS) is 17.2. The highest BCUT2D eigenvalue weighted by atomic mass is 15.2. The van der Waals surface area contributed by atoms with Crippen molar-refractivity contribution in [3.8, 4) is 0 Å². The number of hydrogen-bond acceptors (Lipinski definition) is 3. The van der Waals surface area contributed by atoms with Crippen LogP contribution in [0.1, 0.15) is 38.8 Å². The van der Waals surface area contributed by atoms with E-state index < -0.39 is 0 Å². The van der Waals surface area contributed by atoms with Crippen LogP contribution in [-0.2, 0) is 0 Å². The maximum absolute atomic E-state index is 4.14. The van der Waals surface area contributed by atoms with Crippen molar-refractivity contribution in [2.24, 2.45) is 0 Å². The predicted octanol–water partition coefficient (Wildman–Crippen LogP) is 3.45. The summed E-state index contributed by atoms with van der Waals surface area (Å²) in [5, 5.41) is 3.44. The van der Waals surface area contributed by atoms with Gasteiger partial charge in [-0.15, -0.1) is 6.58 Å². The van der Waals surface area contributed by atoms with Crippen LogP contribution in [0.4, 0.5) is 5.69 Å². The van der Waals surface area contributed by atoms with E-state index in [9.17, 15) is 0 Å². The Morgan fingerprint density at radius 3 is 2.27 bits per heavy atom. The minimum Gasteiger partial charge on any atom is -0.372 e. The third kappa shape index (κ3) is 4.34. The molecule has 0 spiro atoms. The number of anilines is 1. The average Bonchev–Trinajstić information content (AvgIpc) is 2.55. The van der Waals surface area contributed by atoms with Gasteiger partial charge in [0.05, 0.1) is 0 Å². The van der Waals surface area contributed by atoms with E-state index in [1.165, 1.54) is 16.8 Å². The van der Waals surface area contributed by atoms with Gasteiger partial charge in [0.15, 0.2) is 0 Å². The van der Waals surface area contributed by atoms with Crippen molar-refractivity contribution in [3.63, 3.8) is 0 Å². The van der Waals surface area contributed by atoms with Crippen LogP contribution in [-0.4, -0.2) is 44.2 Å². The second kappa shape index (κ2) is 8.35. The molecule has 2 rings (SSSR count). The van der Waals surface area contributed by atoms with Crippen LogP contribution in [0.25, 0.3) is 0 Å². The minimum atomic E-state index is 0.463. The largest absolute Gasteiger partial charge is 0.372 e. The third-order valence-electron chi connectivity index (χ3n) is 4.54. The molecule has 0 aromatic heterocycles. The summed E-state index contributed by atoms with van der Waals surface area (Å²) < 4.78 is 0. The SMILES string of the molecule is C=C(C)C[C@@H](c1ccc(N(CC)CC)cc1)N1CCNCC1. The van der Waals surface area contributed by atoms with Gasteiger partial charge in [-0.05, 0) is 44.9 Å². The summed E-state index contributed by atoms with van der Waals surface area (Å²) in [5.74, 6) is 0. The summed E-state index contributed by atoms with van der Waals surface area (Å²) in [7, 11) is 0. The smallest absolute Gasteiger partial charge is 0.0386 e. The highest BCUT2D eigenvalue weighted by Crippen LogP contribution is 2.29. The molecule has 0 saturated carbocycles. The van der Waals surface area contributed by atoms with Crippen LogP contribution in [0.2, 0.25) is 0 Å². The molecule has 1 fully saturated rings. The van der Waals surface area contributed by atoms with Gasteiger partial charge in [0, 0.05) is 51.0 Å². The zero-order chi connectivity index (χ0) is 15.9. The number of hydrogen-bond donors (Lipinski definition) is 1. The summed E-state index contributed by atoms with van der Waals surface area (Å²) >= 11 is 0. The molecule has 1 aliphatic rings. The molecule has 3 nitrogen and oxygen atoms in total. The molecule has 1 aliphatic heterocycles. The first-order chi connectivity index (χ1) is 10.7. The molecule has 0 unspecified atom stereocenters. The van der Waals surface area contributed by atoms with E-state index in [4.69, 9.17) is 0 Å². The molecular weight excluding hydrogens is 270 g/mol. The van der Waals surface area contributed by atoms with Crippen molar-refractivity contribution in [3.05, 3.63) is 42.0 Å². The van der Waals surface area contributed by atoms with Gasteiger partial charge in [-0.25, -0.2) is 0 Å². The van der Waals surface area contributed by atoms with E-state index in [2.05, 4.69) is 66.7 Å². The Morgan fingerprint density at radius 1 is 1.18 bits per heavy atom. The highest BCUT2D eigenvalue weighted by Gasteiger charge is 2.22. The summed E-state index contributed by atoms with van der Waals surface area (Å²) in [6.45, 7) is 17.2. The molecule has 1 heterocycles. The molecule has 22 heavy (non-hydrogen) atoms. The monoisotopic (exact) mass is 301 g/mol. The Labute approximate surface area is 136 Å². The Morgan fingerprint density at radius 2 is 1.77 bits per heavy atom. The summed E-state index contributed by atoms with van der Waals surface area (Å²) in [6.07, 6.45) is 1.05. The topological polar surface area (TPSA) is 18.5 Å². The summed E-state index contributed by atoms with van der Waals surface area (Å²) in [6, 6.07) is 9.63. The Balaban J connectivity index is 2.17. The second-order valence-electron chi connectivity index (χ2n) is 6.23. The molecule has 1 atom stereocenters. The molecule has 1 aromatic rings. The van der Waals surface area contributed by atoms with Crippen molar-refractivity contribution in [2.45, 2.75) is 33.2 Å². The van der Waals surface area contributed by atoms with Crippen LogP contribution in [0.5, 0.6) is 0 Å². The zero-order valence-electron chi connectivity index (χ0n) is 14.4. The number of piperazine rings is 1. The fourth-order valence-corrected chi connectivity index (χ4v) is 3.28. The van der Waals surface area contributed by atoms with E-state index in [1.54, 1.807) is 0 Å². The van der Waals surface area contributed by atoms with Gasteiger partial charge in [0.1, 0.15) is 0 Å². The van der Waals surface area contributed by atoms with Crippen molar-refractivity contribution >= 4 is 5.69 Å². The first kappa shape index (κ1) is 17.0. The average molecular weight is 301 g/mol. The molecule has 1 N–H and O–H groups in total. The molecule has 3 heteroatoms. The van der Waals surface area contributed by atoms with Crippen LogP contribution in [0.3, 0.4) is 0 Å². The molecule has 0 radical (unpaired) electrons. The van der Waals surface area contributed by atoms with Gasteiger partial charge >= 0.3 is 0 Å². The molecule has 0 aliphatic carbocycles. The Bertz CT molecular complexity index is 456. The van der Waals surface area contributed by atoms with Crippen LogP contribution < -0.4 is 10.2 Å². The second-order valence-corrected chi connectivity index (χ2v) is 6.23. The van der Waals surface area contributed by atoms with E-state index in [0.29, 0.717) is 6.04 Å². The Kier molecular flexibility index (Phi) is 6.47. The zero-order valence-corrected chi connectivity index (χ0v) is 14.4. The standard InChI is InChI=1S/C19H31N3/c1-5-21(6-2)18-9-7-17(8-10-18)19(15-16(3)4)22-13-11-20-12-14-22/h7-10,19-20H,3,5-6,11-15H2,1-2,4H3/t19-/m0/s1. The van der Waals surface area contributed by atoms with E-state index >= 15 is 0 Å². The maximum Gasteiger partial charge on any atom is 0.0386 e. The maximum atomic E-state index is 4.14. The predicted molar refractivity (Wildman–Crippen MR) is 96.6 cm³/mol. The van der Waals surface area contributed by atoms with Gasteiger partial charge in [-0.3, -0.25) is 4.90 Å². The van der Waals surface area contributed by atoms with Crippen molar-refractivity contribution in [1.29, 1.82) is 0 Å². The van der Waals surface area contributed by atoms with Crippen molar-refractivity contribution in [2.75, 3.05) is 44.2 Å². The fourth-order valence-electron chi connectivity index (χ4n) is 3.28. The van der Waals surface area contributed by atoms with E-state index in [0.717, 1.165) is 45.7 Å². The van der Waals surface area contributed by atoms with Gasteiger partial charge in [0.25, 0.3) is 0 Å². The third-order valence-corrected chi connectivity index (χ3v) is 4.54. The van der Waals surface area contributed by atoms with Gasteiger partial charge in [0.2, 0.25) is 0 Å². The van der Waals surface area contributed by atoms with Gasteiger partial charge in [-0.2, -0.15) is 0 Å². The summed E-state index contributed by atoms with van der Waals surface area (Å²) in [4.78, 5) is 4.99.